The molecule has 1 N–H and O–H groups in total. The van der Waals surface area contributed by atoms with Gasteiger partial charge in [0.1, 0.15) is 11.9 Å². The molecule has 0 spiro atoms. The minimum Gasteiger partial charge on any atom is -0.393 e. The number of hydrogen-bond acceptors (Lipinski definition) is 4. The molecule has 0 saturated heterocycles. The van der Waals surface area contributed by atoms with Gasteiger partial charge in [0.2, 0.25) is 0 Å². The maximum atomic E-state index is 14.0. The average molecular weight is 367 g/mol. The summed E-state index contributed by atoms with van der Waals surface area (Å²) < 4.78 is 14.4. The molecule has 0 aliphatic rings. The van der Waals surface area contributed by atoms with Crippen molar-refractivity contribution in [3.63, 3.8) is 0 Å². The monoisotopic (exact) mass is 366 g/mol. The number of rotatable bonds is 7. The largest absolute Gasteiger partial charge is 0.393 e. The van der Waals surface area contributed by atoms with E-state index in [9.17, 15) is 9.65 Å². The normalized spacial score (nSPS) is 11.8. The minimum atomic E-state index is -0.432. The third-order valence-electron chi connectivity index (χ3n) is 3.14. The van der Waals surface area contributed by atoms with Crippen LogP contribution in [0.25, 0.3) is 0 Å². The number of nitrogens with zero attached hydrogens (tertiary/aromatic N) is 3. The summed E-state index contributed by atoms with van der Waals surface area (Å²) >= 11 is 3.21. The van der Waals surface area contributed by atoms with Gasteiger partial charge in [-0.2, -0.15) is 5.26 Å². The van der Waals surface area contributed by atoms with Crippen LogP contribution in [0, 0.1) is 17.1 Å². The van der Waals surface area contributed by atoms with Crippen LogP contribution in [0.5, 0.6) is 0 Å². The summed E-state index contributed by atoms with van der Waals surface area (Å²) in [4.78, 5) is 3.62. The van der Waals surface area contributed by atoms with E-state index in [-0.39, 0.29) is 5.82 Å². The van der Waals surface area contributed by atoms with Gasteiger partial charge in [-0.3, -0.25) is 0 Å². The topological polar surface area (TPSA) is 42.3 Å². The Bertz CT molecular complexity index is 595. The standard InChI is InChI=1S/C16H20BrFN4/c1-5-21(4)11-13-8-14(17)15(18)9-16(13)22(7-6-20-3)12(2)10-19/h5-9,12,20H,1,11H2,2-4H3/b7-6-. The molecule has 1 rings (SSSR count). The molecule has 22 heavy (non-hydrogen) atoms. The van der Waals surface area contributed by atoms with Crippen molar-refractivity contribution in [3.8, 4) is 6.07 Å². The smallest absolute Gasteiger partial charge is 0.139 e. The van der Waals surface area contributed by atoms with Crippen LogP contribution >= 0.6 is 15.9 Å². The van der Waals surface area contributed by atoms with Crippen molar-refractivity contribution in [1.82, 2.24) is 10.2 Å². The number of halogens is 2. The van der Waals surface area contributed by atoms with Gasteiger partial charge >= 0.3 is 0 Å². The van der Waals surface area contributed by atoms with E-state index in [0.29, 0.717) is 16.7 Å². The molecule has 0 saturated carbocycles. The van der Waals surface area contributed by atoms with Gasteiger partial charge < -0.3 is 15.1 Å². The van der Waals surface area contributed by atoms with E-state index < -0.39 is 6.04 Å². The first kappa shape index (κ1) is 18.1. The molecule has 1 aromatic rings. The summed E-state index contributed by atoms with van der Waals surface area (Å²) in [7, 11) is 3.65. The Morgan fingerprint density at radius 2 is 2.23 bits per heavy atom. The summed E-state index contributed by atoms with van der Waals surface area (Å²) in [6.07, 6.45) is 5.13. The van der Waals surface area contributed by atoms with Crippen molar-refractivity contribution < 1.29 is 4.39 Å². The lowest BCUT2D eigenvalue weighted by molar-refractivity contribution is 0.451. The van der Waals surface area contributed by atoms with Crippen molar-refractivity contribution in [2.45, 2.75) is 19.5 Å². The Labute approximate surface area is 139 Å². The summed E-state index contributed by atoms with van der Waals surface area (Å²) in [6.45, 7) is 6.04. The van der Waals surface area contributed by atoms with E-state index in [0.717, 1.165) is 5.56 Å². The van der Waals surface area contributed by atoms with Gasteiger partial charge in [-0.15, -0.1) is 0 Å². The Morgan fingerprint density at radius 1 is 1.55 bits per heavy atom. The summed E-state index contributed by atoms with van der Waals surface area (Å²) in [6, 6.07) is 4.91. The first-order chi connectivity index (χ1) is 10.4. The van der Waals surface area contributed by atoms with Crippen LogP contribution in [-0.2, 0) is 6.54 Å². The molecule has 0 aliphatic carbocycles. The van der Waals surface area contributed by atoms with Crippen LogP contribution in [0.1, 0.15) is 12.5 Å². The van der Waals surface area contributed by atoms with Crippen molar-refractivity contribution in [2.75, 3.05) is 19.0 Å². The molecular formula is C16H20BrFN4. The fourth-order valence-electron chi connectivity index (χ4n) is 1.91. The zero-order valence-electron chi connectivity index (χ0n) is 13.0. The summed E-state index contributed by atoms with van der Waals surface area (Å²) in [5.74, 6) is -0.368. The van der Waals surface area contributed by atoms with Crippen molar-refractivity contribution in [2.24, 2.45) is 0 Å². The highest BCUT2D eigenvalue weighted by atomic mass is 79.9. The second-order valence-corrected chi connectivity index (χ2v) is 5.66. The zero-order valence-corrected chi connectivity index (χ0v) is 14.6. The molecule has 1 aromatic carbocycles. The SMILES string of the molecule is C=CN(C)Cc1cc(Br)c(F)cc1N(/C=C\NC)C(C)C#N. The van der Waals surface area contributed by atoms with Crippen molar-refractivity contribution >= 4 is 21.6 Å². The first-order valence-electron chi connectivity index (χ1n) is 6.77. The molecule has 0 bridgehead atoms. The molecular weight excluding hydrogens is 347 g/mol. The quantitative estimate of drug-likeness (QED) is 0.800. The lowest BCUT2D eigenvalue weighted by atomic mass is 10.1. The van der Waals surface area contributed by atoms with Crippen LogP contribution in [0.15, 0.2) is 41.8 Å². The van der Waals surface area contributed by atoms with E-state index >= 15 is 0 Å². The molecule has 0 aliphatic heterocycles. The van der Waals surface area contributed by atoms with Gasteiger partial charge in [0.15, 0.2) is 0 Å². The Morgan fingerprint density at radius 3 is 2.77 bits per heavy atom. The Balaban J connectivity index is 3.39. The van der Waals surface area contributed by atoms with Crippen LogP contribution in [0.4, 0.5) is 10.1 Å². The zero-order chi connectivity index (χ0) is 16.7. The van der Waals surface area contributed by atoms with E-state index in [1.165, 1.54) is 6.07 Å². The highest BCUT2D eigenvalue weighted by Crippen LogP contribution is 2.30. The number of nitriles is 1. The van der Waals surface area contributed by atoms with Gasteiger partial charge in [0.05, 0.1) is 10.5 Å². The van der Waals surface area contributed by atoms with Crippen molar-refractivity contribution in [3.05, 3.63) is 53.2 Å². The van der Waals surface area contributed by atoms with Gasteiger partial charge in [-0.05, 0) is 46.7 Å². The lowest BCUT2D eigenvalue weighted by Gasteiger charge is -2.27. The lowest BCUT2D eigenvalue weighted by Crippen LogP contribution is -2.28. The van der Waals surface area contributed by atoms with Crippen LogP contribution < -0.4 is 10.2 Å². The van der Waals surface area contributed by atoms with E-state index in [1.54, 1.807) is 43.5 Å². The van der Waals surface area contributed by atoms with Gasteiger partial charge in [-0.25, -0.2) is 4.39 Å². The number of benzene rings is 1. The minimum absolute atomic E-state index is 0.368. The second-order valence-electron chi connectivity index (χ2n) is 4.81. The third kappa shape index (κ3) is 4.50. The molecule has 118 valence electrons. The molecule has 0 amide bonds. The molecule has 1 unspecified atom stereocenters. The van der Waals surface area contributed by atoms with E-state index in [1.807, 2.05) is 11.9 Å². The summed E-state index contributed by atoms with van der Waals surface area (Å²) in [5, 5.41) is 12.1. The van der Waals surface area contributed by atoms with Gasteiger partial charge in [0.25, 0.3) is 0 Å². The molecule has 6 heteroatoms. The van der Waals surface area contributed by atoms with Crippen LogP contribution in [0.2, 0.25) is 0 Å². The predicted octanol–water partition coefficient (Wildman–Crippen LogP) is 3.57. The summed E-state index contributed by atoms with van der Waals surface area (Å²) in [5.41, 5.74) is 1.54. The average Bonchev–Trinajstić information content (AvgIpc) is 2.51. The number of nitrogens with one attached hydrogen (secondary N) is 1. The molecule has 4 nitrogen and oxygen atoms in total. The van der Waals surface area contributed by atoms with Crippen LogP contribution in [-0.4, -0.2) is 25.0 Å². The molecule has 0 aromatic heterocycles. The van der Waals surface area contributed by atoms with Gasteiger partial charge in [0, 0.05) is 38.7 Å². The maximum absolute atomic E-state index is 14.0. The fraction of sp³-hybridized carbons (Fsp3) is 0.312. The molecule has 0 radical (unpaired) electrons. The Hall–Kier alpha value is -2.00. The Kier molecular flexibility index (Phi) is 6.93. The fourth-order valence-corrected chi connectivity index (χ4v) is 2.30. The molecule has 1 atom stereocenters. The maximum Gasteiger partial charge on any atom is 0.139 e. The van der Waals surface area contributed by atoms with Crippen molar-refractivity contribution in [1.29, 1.82) is 5.26 Å². The molecule has 0 heterocycles. The molecule has 0 fully saturated rings. The number of hydrogen-bond donors (Lipinski definition) is 1. The third-order valence-corrected chi connectivity index (χ3v) is 3.74. The number of anilines is 1. The van der Waals surface area contributed by atoms with E-state index in [4.69, 9.17) is 0 Å². The first-order valence-corrected chi connectivity index (χ1v) is 7.56. The highest BCUT2D eigenvalue weighted by Gasteiger charge is 2.18. The van der Waals surface area contributed by atoms with Gasteiger partial charge in [-0.1, -0.05) is 6.58 Å². The predicted molar refractivity (Wildman–Crippen MR) is 91.5 cm³/mol. The highest BCUT2D eigenvalue weighted by molar-refractivity contribution is 9.10. The van der Waals surface area contributed by atoms with Crippen LogP contribution in [0.3, 0.4) is 0 Å². The van der Waals surface area contributed by atoms with E-state index in [2.05, 4.69) is 33.9 Å². The second kappa shape index (κ2) is 8.44.